The Hall–Kier alpha value is -1.44. The third-order valence-electron chi connectivity index (χ3n) is 3.83. The number of aryl methyl sites for hydroxylation is 1. The number of benzene rings is 1. The number of amides is 1. The van der Waals surface area contributed by atoms with Gasteiger partial charge in [-0.05, 0) is 45.5 Å². The Balaban J connectivity index is 3.12. The predicted molar refractivity (Wildman–Crippen MR) is 93.0 cm³/mol. The van der Waals surface area contributed by atoms with Gasteiger partial charge in [0.05, 0.1) is 4.90 Å². The summed E-state index contributed by atoms with van der Waals surface area (Å²) in [5.74, 6) is -0.354. The summed E-state index contributed by atoms with van der Waals surface area (Å²) >= 11 is 0. The first-order chi connectivity index (χ1) is 10.6. The first-order valence-electron chi connectivity index (χ1n) is 7.65. The van der Waals surface area contributed by atoms with E-state index in [0.29, 0.717) is 12.2 Å². The molecule has 0 radical (unpaired) electrons. The predicted octanol–water partition coefficient (Wildman–Crippen LogP) is 1.82. The zero-order chi connectivity index (χ0) is 17.8. The second-order valence-electron chi connectivity index (χ2n) is 6.04. The van der Waals surface area contributed by atoms with Gasteiger partial charge < -0.3 is 10.6 Å². The highest BCUT2D eigenvalue weighted by molar-refractivity contribution is 7.89. The van der Waals surface area contributed by atoms with Gasteiger partial charge in [0.15, 0.2) is 0 Å². The van der Waals surface area contributed by atoms with Gasteiger partial charge in [0.25, 0.3) is 0 Å². The zero-order valence-electron chi connectivity index (χ0n) is 14.7. The Morgan fingerprint density at radius 2 is 1.87 bits per heavy atom. The molecule has 0 aliphatic carbocycles. The topological polar surface area (TPSA) is 78.5 Å². The number of carbonyl (C=O) groups excluding carboxylic acids is 1. The van der Waals surface area contributed by atoms with E-state index < -0.39 is 10.0 Å². The third kappa shape index (κ3) is 4.76. The quantitative estimate of drug-likeness (QED) is 0.793. The highest BCUT2D eigenvalue weighted by Gasteiger charge is 2.24. The maximum Gasteiger partial charge on any atom is 0.243 e. The summed E-state index contributed by atoms with van der Waals surface area (Å²) in [6.07, 6.45) is 0. The van der Waals surface area contributed by atoms with E-state index in [4.69, 9.17) is 0 Å². The van der Waals surface area contributed by atoms with Crippen molar-refractivity contribution in [3.63, 3.8) is 0 Å². The fourth-order valence-corrected chi connectivity index (χ4v) is 3.39. The van der Waals surface area contributed by atoms with Crippen LogP contribution in [0.3, 0.4) is 0 Å². The number of hydrogen-bond donors (Lipinski definition) is 2. The van der Waals surface area contributed by atoms with Gasteiger partial charge in [-0.15, -0.1) is 0 Å². The molecule has 0 heterocycles. The molecular weight excluding hydrogens is 314 g/mol. The molecule has 7 heteroatoms. The molecule has 0 aliphatic heterocycles. The summed E-state index contributed by atoms with van der Waals surface area (Å²) in [7, 11) is -0.244. The van der Waals surface area contributed by atoms with E-state index in [0.717, 1.165) is 5.56 Å². The summed E-state index contributed by atoms with van der Waals surface area (Å²) in [6, 6.07) is 4.65. The van der Waals surface area contributed by atoms with Crippen LogP contribution in [0.1, 0.15) is 26.3 Å². The highest BCUT2D eigenvalue weighted by atomic mass is 32.2. The SMILES string of the molecule is CNCC(C)C(=O)Nc1cc(S(=O)(=O)N(C)C(C)C)ccc1C. The lowest BCUT2D eigenvalue weighted by molar-refractivity contribution is -0.119. The van der Waals surface area contributed by atoms with E-state index in [-0.39, 0.29) is 22.8 Å². The lowest BCUT2D eigenvalue weighted by Gasteiger charge is -2.22. The second kappa shape index (κ2) is 7.90. The second-order valence-corrected chi connectivity index (χ2v) is 8.04. The van der Waals surface area contributed by atoms with Gasteiger partial charge in [-0.2, -0.15) is 4.31 Å². The molecule has 6 nitrogen and oxygen atoms in total. The average Bonchev–Trinajstić information content (AvgIpc) is 2.48. The Labute approximate surface area is 139 Å². The van der Waals surface area contributed by atoms with Crippen molar-refractivity contribution in [1.29, 1.82) is 0 Å². The largest absolute Gasteiger partial charge is 0.326 e. The normalized spacial score (nSPS) is 13.4. The monoisotopic (exact) mass is 341 g/mol. The minimum Gasteiger partial charge on any atom is -0.326 e. The molecule has 1 aromatic carbocycles. The van der Waals surface area contributed by atoms with Crippen LogP contribution in [0.5, 0.6) is 0 Å². The molecule has 1 aromatic rings. The van der Waals surface area contributed by atoms with Crippen LogP contribution in [0.2, 0.25) is 0 Å². The number of anilines is 1. The van der Waals surface area contributed by atoms with E-state index in [2.05, 4.69) is 10.6 Å². The standard InChI is InChI=1S/C16H27N3O3S/c1-11(2)19(6)23(21,22)14-8-7-12(3)15(9-14)18-16(20)13(4)10-17-5/h7-9,11,13,17H,10H2,1-6H3,(H,18,20). The maximum absolute atomic E-state index is 12.6. The summed E-state index contributed by atoms with van der Waals surface area (Å²) in [6.45, 7) is 7.83. The van der Waals surface area contributed by atoms with Crippen molar-refractivity contribution in [3.8, 4) is 0 Å². The average molecular weight is 341 g/mol. The van der Waals surface area contributed by atoms with Crippen LogP contribution < -0.4 is 10.6 Å². The summed E-state index contributed by atoms with van der Waals surface area (Å²) < 4.78 is 26.4. The van der Waals surface area contributed by atoms with Crippen molar-refractivity contribution < 1.29 is 13.2 Å². The number of hydrogen-bond acceptors (Lipinski definition) is 4. The highest BCUT2D eigenvalue weighted by Crippen LogP contribution is 2.23. The smallest absolute Gasteiger partial charge is 0.243 e. The molecule has 23 heavy (non-hydrogen) atoms. The molecule has 1 unspecified atom stereocenters. The van der Waals surface area contributed by atoms with Crippen molar-refractivity contribution in [2.24, 2.45) is 5.92 Å². The van der Waals surface area contributed by atoms with Crippen LogP contribution in [0.25, 0.3) is 0 Å². The Kier molecular flexibility index (Phi) is 6.73. The molecule has 0 bridgehead atoms. The minimum absolute atomic E-state index is 0.144. The Morgan fingerprint density at radius 3 is 2.39 bits per heavy atom. The molecule has 0 aliphatic rings. The van der Waals surface area contributed by atoms with Gasteiger partial charge in [0, 0.05) is 31.2 Å². The van der Waals surface area contributed by atoms with Crippen molar-refractivity contribution >= 4 is 21.6 Å². The van der Waals surface area contributed by atoms with Gasteiger partial charge in [0.2, 0.25) is 15.9 Å². The van der Waals surface area contributed by atoms with E-state index in [1.165, 1.54) is 10.4 Å². The molecule has 1 atom stereocenters. The fourth-order valence-electron chi connectivity index (χ4n) is 1.99. The zero-order valence-corrected chi connectivity index (χ0v) is 15.5. The molecule has 0 saturated heterocycles. The first-order valence-corrected chi connectivity index (χ1v) is 9.09. The molecule has 130 valence electrons. The van der Waals surface area contributed by atoms with Gasteiger partial charge in [-0.1, -0.05) is 13.0 Å². The van der Waals surface area contributed by atoms with Crippen molar-refractivity contribution in [2.45, 2.75) is 38.6 Å². The molecule has 0 spiro atoms. The lowest BCUT2D eigenvalue weighted by Crippen LogP contribution is -2.33. The van der Waals surface area contributed by atoms with Crippen LogP contribution >= 0.6 is 0 Å². The molecule has 0 fully saturated rings. The summed E-state index contributed by atoms with van der Waals surface area (Å²) in [4.78, 5) is 12.3. The van der Waals surface area contributed by atoms with Gasteiger partial charge in [-0.25, -0.2) is 8.42 Å². The van der Waals surface area contributed by atoms with Crippen molar-refractivity contribution in [2.75, 3.05) is 26.0 Å². The van der Waals surface area contributed by atoms with Crippen LogP contribution in [0.4, 0.5) is 5.69 Å². The van der Waals surface area contributed by atoms with E-state index >= 15 is 0 Å². The number of carbonyl (C=O) groups is 1. The van der Waals surface area contributed by atoms with Crippen LogP contribution in [0, 0.1) is 12.8 Å². The fraction of sp³-hybridized carbons (Fsp3) is 0.562. The molecule has 1 amide bonds. The van der Waals surface area contributed by atoms with Gasteiger partial charge >= 0.3 is 0 Å². The van der Waals surface area contributed by atoms with Gasteiger partial charge in [-0.3, -0.25) is 4.79 Å². The van der Waals surface area contributed by atoms with Gasteiger partial charge in [0.1, 0.15) is 0 Å². The van der Waals surface area contributed by atoms with Crippen molar-refractivity contribution in [3.05, 3.63) is 23.8 Å². The number of rotatable bonds is 7. The summed E-state index contributed by atoms with van der Waals surface area (Å²) in [5, 5.41) is 5.76. The number of nitrogens with one attached hydrogen (secondary N) is 2. The van der Waals surface area contributed by atoms with Crippen LogP contribution in [-0.4, -0.2) is 45.3 Å². The Morgan fingerprint density at radius 1 is 1.26 bits per heavy atom. The van der Waals surface area contributed by atoms with E-state index in [1.54, 1.807) is 26.2 Å². The maximum atomic E-state index is 12.6. The van der Waals surface area contributed by atoms with E-state index in [9.17, 15) is 13.2 Å². The third-order valence-corrected chi connectivity index (χ3v) is 5.86. The molecular formula is C16H27N3O3S. The molecule has 0 aromatic heterocycles. The van der Waals surface area contributed by atoms with E-state index in [1.807, 2.05) is 27.7 Å². The number of nitrogens with zero attached hydrogens (tertiary/aromatic N) is 1. The summed E-state index contributed by atoms with van der Waals surface area (Å²) in [5.41, 5.74) is 1.34. The van der Waals surface area contributed by atoms with Crippen LogP contribution in [0.15, 0.2) is 23.1 Å². The Bertz CT molecular complexity index is 657. The molecule has 0 saturated carbocycles. The van der Waals surface area contributed by atoms with Crippen molar-refractivity contribution in [1.82, 2.24) is 9.62 Å². The lowest BCUT2D eigenvalue weighted by atomic mass is 10.1. The number of sulfonamides is 1. The van der Waals surface area contributed by atoms with Crippen LogP contribution in [-0.2, 0) is 14.8 Å². The minimum atomic E-state index is -3.57. The first kappa shape index (κ1) is 19.6. The molecule has 1 rings (SSSR count). The molecule has 2 N–H and O–H groups in total.